The van der Waals surface area contributed by atoms with Crippen LogP contribution in [0.25, 0.3) is 0 Å². The van der Waals surface area contributed by atoms with Crippen LogP contribution >= 0.6 is 0 Å². The molecule has 8 heteroatoms. The van der Waals surface area contributed by atoms with Gasteiger partial charge in [-0.25, -0.2) is 8.42 Å². The van der Waals surface area contributed by atoms with Gasteiger partial charge in [-0.1, -0.05) is 24.3 Å². The lowest BCUT2D eigenvalue weighted by molar-refractivity contribution is -0.116. The predicted molar refractivity (Wildman–Crippen MR) is 131 cm³/mol. The standard InChI is InChI=1S/C25H28N2O5S/c1-18(2)31-24-12-8-9-20(17-24)26-25(28)19(3)27(33(4,29)30)21-13-15-23(16-14-21)32-22-10-6-5-7-11-22/h5-19H,1-4H3,(H,26,28)/t19-/m1/s1. The fourth-order valence-corrected chi connectivity index (χ4v) is 4.44. The summed E-state index contributed by atoms with van der Waals surface area (Å²) in [7, 11) is -3.74. The molecule has 0 saturated heterocycles. The molecular weight excluding hydrogens is 440 g/mol. The first-order chi connectivity index (χ1) is 15.6. The quantitative estimate of drug-likeness (QED) is 0.475. The van der Waals surface area contributed by atoms with E-state index in [0.717, 1.165) is 10.6 Å². The summed E-state index contributed by atoms with van der Waals surface area (Å²) < 4.78 is 37.7. The van der Waals surface area contributed by atoms with E-state index in [4.69, 9.17) is 9.47 Å². The monoisotopic (exact) mass is 468 g/mol. The molecule has 3 aromatic rings. The number of nitrogens with zero attached hydrogens (tertiary/aromatic N) is 1. The first-order valence-electron chi connectivity index (χ1n) is 10.5. The molecule has 0 bridgehead atoms. The summed E-state index contributed by atoms with van der Waals surface area (Å²) in [5, 5.41) is 2.77. The molecule has 0 aliphatic heterocycles. The molecule has 3 rings (SSSR count). The lowest BCUT2D eigenvalue weighted by Gasteiger charge is -2.28. The number of carbonyl (C=O) groups excluding carboxylic acids is 1. The number of amides is 1. The average Bonchev–Trinajstić information content (AvgIpc) is 2.74. The van der Waals surface area contributed by atoms with Crippen LogP contribution in [0.4, 0.5) is 11.4 Å². The summed E-state index contributed by atoms with van der Waals surface area (Å²) in [5.41, 5.74) is 0.877. The predicted octanol–water partition coefficient (Wildman–Crippen LogP) is 5.06. The Morgan fingerprint density at radius 3 is 2.06 bits per heavy atom. The van der Waals surface area contributed by atoms with Crippen LogP contribution in [0.5, 0.6) is 17.2 Å². The number of ether oxygens (including phenoxy) is 2. The molecule has 1 atom stereocenters. The molecule has 174 valence electrons. The Morgan fingerprint density at radius 2 is 1.45 bits per heavy atom. The van der Waals surface area contributed by atoms with Crippen molar-refractivity contribution in [2.45, 2.75) is 32.9 Å². The minimum absolute atomic E-state index is 0.00977. The van der Waals surface area contributed by atoms with E-state index in [-0.39, 0.29) is 6.10 Å². The molecule has 0 fully saturated rings. The minimum atomic E-state index is -3.74. The van der Waals surface area contributed by atoms with Crippen molar-refractivity contribution in [2.75, 3.05) is 15.9 Å². The number of para-hydroxylation sites is 1. The maximum atomic E-state index is 12.9. The van der Waals surface area contributed by atoms with Crippen molar-refractivity contribution in [1.82, 2.24) is 0 Å². The number of sulfonamides is 1. The van der Waals surface area contributed by atoms with Crippen molar-refractivity contribution < 1.29 is 22.7 Å². The first-order valence-corrected chi connectivity index (χ1v) is 12.4. The van der Waals surface area contributed by atoms with Crippen molar-refractivity contribution in [1.29, 1.82) is 0 Å². The van der Waals surface area contributed by atoms with Gasteiger partial charge in [0.1, 0.15) is 23.3 Å². The second kappa shape index (κ2) is 10.4. The Labute approximate surface area is 195 Å². The normalized spacial score (nSPS) is 12.2. The molecule has 0 aromatic heterocycles. The van der Waals surface area contributed by atoms with E-state index in [1.807, 2.05) is 44.2 Å². The Kier molecular flexibility index (Phi) is 7.60. The van der Waals surface area contributed by atoms with E-state index >= 15 is 0 Å². The molecular formula is C25H28N2O5S. The van der Waals surface area contributed by atoms with E-state index in [1.54, 1.807) is 55.5 Å². The minimum Gasteiger partial charge on any atom is -0.491 e. The number of carbonyl (C=O) groups is 1. The van der Waals surface area contributed by atoms with Gasteiger partial charge in [-0.05, 0) is 69.3 Å². The van der Waals surface area contributed by atoms with E-state index in [1.165, 1.54) is 0 Å². The van der Waals surface area contributed by atoms with Crippen molar-refractivity contribution in [3.05, 3.63) is 78.9 Å². The highest BCUT2D eigenvalue weighted by atomic mass is 32.2. The summed E-state index contributed by atoms with van der Waals surface area (Å²) in [4.78, 5) is 12.9. The molecule has 0 unspecified atom stereocenters. The van der Waals surface area contributed by atoms with Gasteiger partial charge in [0.05, 0.1) is 18.0 Å². The fraction of sp³-hybridized carbons (Fsp3) is 0.240. The first kappa shape index (κ1) is 24.1. The van der Waals surface area contributed by atoms with Crippen LogP contribution in [-0.4, -0.2) is 32.7 Å². The summed E-state index contributed by atoms with van der Waals surface area (Å²) in [5.74, 6) is 1.37. The van der Waals surface area contributed by atoms with E-state index in [0.29, 0.717) is 28.6 Å². The van der Waals surface area contributed by atoms with E-state index in [9.17, 15) is 13.2 Å². The smallest absolute Gasteiger partial charge is 0.247 e. The lowest BCUT2D eigenvalue weighted by Crippen LogP contribution is -2.45. The van der Waals surface area contributed by atoms with Gasteiger partial charge in [-0.2, -0.15) is 0 Å². The molecule has 7 nitrogen and oxygen atoms in total. The average molecular weight is 469 g/mol. The Morgan fingerprint density at radius 1 is 0.848 bits per heavy atom. The number of rotatable bonds is 9. The Bertz CT molecular complexity index is 1180. The number of anilines is 2. The third-order valence-corrected chi connectivity index (χ3v) is 5.87. The van der Waals surface area contributed by atoms with Crippen LogP contribution in [0.1, 0.15) is 20.8 Å². The lowest BCUT2D eigenvalue weighted by atomic mass is 10.2. The van der Waals surface area contributed by atoms with E-state index < -0.39 is 22.0 Å². The molecule has 0 spiro atoms. The van der Waals surface area contributed by atoms with Crippen molar-refractivity contribution in [3.8, 4) is 17.2 Å². The molecule has 0 aliphatic rings. The number of hydrogen-bond acceptors (Lipinski definition) is 5. The van der Waals surface area contributed by atoms with Gasteiger partial charge in [-0.15, -0.1) is 0 Å². The highest BCUT2D eigenvalue weighted by Gasteiger charge is 2.29. The molecule has 0 saturated carbocycles. The Hall–Kier alpha value is -3.52. The Balaban J connectivity index is 1.77. The van der Waals surface area contributed by atoms with Gasteiger partial charge in [0.25, 0.3) is 0 Å². The third-order valence-electron chi connectivity index (χ3n) is 4.63. The fourth-order valence-electron chi connectivity index (χ4n) is 3.26. The van der Waals surface area contributed by atoms with Crippen molar-refractivity contribution in [2.24, 2.45) is 0 Å². The van der Waals surface area contributed by atoms with Crippen molar-refractivity contribution in [3.63, 3.8) is 0 Å². The van der Waals surface area contributed by atoms with Crippen LogP contribution in [0.3, 0.4) is 0 Å². The zero-order valence-electron chi connectivity index (χ0n) is 19.1. The van der Waals surface area contributed by atoms with E-state index in [2.05, 4.69) is 5.32 Å². The summed E-state index contributed by atoms with van der Waals surface area (Å²) >= 11 is 0. The number of benzene rings is 3. The van der Waals surface area contributed by atoms with Gasteiger partial charge in [0.2, 0.25) is 15.9 Å². The second-order valence-electron chi connectivity index (χ2n) is 7.83. The molecule has 0 heterocycles. The van der Waals surface area contributed by atoms with Gasteiger partial charge in [-0.3, -0.25) is 9.10 Å². The van der Waals surface area contributed by atoms with Crippen LogP contribution in [0, 0.1) is 0 Å². The molecule has 0 radical (unpaired) electrons. The van der Waals surface area contributed by atoms with Crippen LogP contribution in [0.2, 0.25) is 0 Å². The van der Waals surface area contributed by atoms with Crippen LogP contribution in [0.15, 0.2) is 78.9 Å². The topological polar surface area (TPSA) is 84.9 Å². The second-order valence-corrected chi connectivity index (χ2v) is 9.69. The van der Waals surface area contributed by atoms with Gasteiger partial charge >= 0.3 is 0 Å². The maximum Gasteiger partial charge on any atom is 0.247 e. The van der Waals surface area contributed by atoms with Crippen LogP contribution in [-0.2, 0) is 14.8 Å². The number of hydrogen-bond donors (Lipinski definition) is 1. The molecule has 1 amide bonds. The SMILES string of the molecule is CC(C)Oc1cccc(NC(=O)[C@@H](C)N(c2ccc(Oc3ccccc3)cc2)S(C)(=O)=O)c1. The number of nitrogens with one attached hydrogen (secondary N) is 1. The molecule has 1 N–H and O–H groups in total. The summed E-state index contributed by atoms with van der Waals surface area (Å²) in [6.07, 6.45) is 1.06. The highest BCUT2D eigenvalue weighted by Crippen LogP contribution is 2.27. The molecule has 3 aromatic carbocycles. The largest absolute Gasteiger partial charge is 0.491 e. The van der Waals surface area contributed by atoms with Gasteiger partial charge < -0.3 is 14.8 Å². The zero-order chi connectivity index (χ0) is 24.0. The van der Waals surface area contributed by atoms with Gasteiger partial charge in [0, 0.05) is 11.8 Å². The third kappa shape index (κ3) is 6.73. The molecule has 0 aliphatic carbocycles. The molecule has 33 heavy (non-hydrogen) atoms. The summed E-state index contributed by atoms with van der Waals surface area (Å²) in [6, 6.07) is 21.8. The summed E-state index contributed by atoms with van der Waals surface area (Å²) in [6.45, 7) is 5.36. The zero-order valence-corrected chi connectivity index (χ0v) is 19.9. The van der Waals surface area contributed by atoms with Crippen molar-refractivity contribution >= 4 is 27.3 Å². The van der Waals surface area contributed by atoms with Gasteiger partial charge in [0.15, 0.2) is 0 Å². The highest BCUT2D eigenvalue weighted by molar-refractivity contribution is 7.92. The van der Waals surface area contributed by atoms with Crippen LogP contribution < -0.4 is 19.1 Å². The maximum absolute atomic E-state index is 12.9.